The summed E-state index contributed by atoms with van der Waals surface area (Å²) in [6.45, 7) is 4.58. The van der Waals surface area contributed by atoms with Crippen LogP contribution in [0.2, 0.25) is 5.02 Å². The van der Waals surface area contributed by atoms with E-state index in [2.05, 4.69) is 17.6 Å². The summed E-state index contributed by atoms with van der Waals surface area (Å²) in [6.07, 6.45) is 0.913. The average Bonchev–Trinajstić information content (AvgIpc) is 2.36. The smallest absolute Gasteiger partial charge is 0.257 e. The molecule has 0 aliphatic carbocycles. The minimum absolute atomic E-state index is 0.0154. The van der Waals surface area contributed by atoms with Crippen LogP contribution in [0.4, 0.5) is 0 Å². The molecule has 1 aromatic carbocycles. The number of nitrogens with one attached hydrogen (secondary N) is 2. The second kappa shape index (κ2) is 8.78. The van der Waals surface area contributed by atoms with Crippen molar-refractivity contribution in [1.82, 2.24) is 10.6 Å². The van der Waals surface area contributed by atoms with Crippen molar-refractivity contribution < 1.29 is 9.53 Å². The van der Waals surface area contributed by atoms with Gasteiger partial charge in [-0.1, -0.05) is 24.6 Å². The highest BCUT2D eigenvalue weighted by Gasteiger charge is 2.02. The molecule has 1 rings (SSSR count). The van der Waals surface area contributed by atoms with E-state index in [1.807, 2.05) is 0 Å². The molecule has 0 aliphatic heterocycles. The summed E-state index contributed by atoms with van der Waals surface area (Å²) >= 11 is 5.80. The standard InChI is InChI=1S/C13H19ClN2O2/c1-2-15-7-4-8-16-13(17)10-18-12-6-3-5-11(14)9-12/h3,5-6,9,15H,2,4,7-8,10H2,1H3,(H,16,17). The van der Waals surface area contributed by atoms with Gasteiger partial charge in [-0.15, -0.1) is 0 Å². The summed E-state index contributed by atoms with van der Waals surface area (Å²) in [5.74, 6) is 0.483. The van der Waals surface area contributed by atoms with Crippen molar-refractivity contribution in [2.24, 2.45) is 0 Å². The molecule has 100 valence electrons. The molecule has 0 atom stereocenters. The monoisotopic (exact) mass is 270 g/mol. The van der Waals surface area contributed by atoms with Gasteiger partial charge in [-0.2, -0.15) is 0 Å². The third kappa shape index (κ3) is 6.47. The van der Waals surface area contributed by atoms with E-state index in [-0.39, 0.29) is 12.5 Å². The molecule has 0 saturated heterocycles. The number of carbonyl (C=O) groups is 1. The number of carbonyl (C=O) groups excluding carboxylic acids is 1. The third-order valence-electron chi connectivity index (χ3n) is 2.27. The molecule has 0 aromatic heterocycles. The van der Waals surface area contributed by atoms with Crippen LogP contribution in [0.5, 0.6) is 5.75 Å². The summed E-state index contributed by atoms with van der Waals surface area (Å²) in [7, 11) is 0. The van der Waals surface area contributed by atoms with Gasteiger partial charge in [-0.25, -0.2) is 0 Å². The molecule has 0 heterocycles. The van der Waals surface area contributed by atoms with Gasteiger partial charge in [-0.05, 0) is 37.7 Å². The molecule has 0 saturated carbocycles. The summed E-state index contributed by atoms with van der Waals surface area (Å²) in [5, 5.41) is 6.57. The molecule has 0 spiro atoms. The van der Waals surface area contributed by atoms with Crippen molar-refractivity contribution in [1.29, 1.82) is 0 Å². The molecule has 0 radical (unpaired) electrons. The minimum atomic E-state index is -0.119. The van der Waals surface area contributed by atoms with Crippen molar-refractivity contribution in [2.75, 3.05) is 26.2 Å². The molecular weight excluding hydrogens is 252 g/mol. The molecule has 0 aliphatic rings. The van der Waals surface area contributed by atoms with Crippen molar-refractivity contribution >= 4 is 17.5 Å². The summed E-state index contributed by atoms with van der Waals surface area (Å²) in [4.78, 5) is 11.4. The SMILES string of the molecule is CCNCCCNC(=O)COc1cccc(Cl)c1. The van der Waals surface area contributed by atoms with E-state index in [1.165, 1.54) is 0 Å². The Morgan fingerprint density at radius 2 is 2.22 bits per heavy atom. The fourth-order valence-corrected chi connectivity index (χ4v) is 1.55. The number of rotatable bonds is 8. The second-order valence-corrected chi connectivity index (χ2v) is 4.24. The fourth-order valence-electron chi connectivity index (χ4n) is 1.37. The molecule has 4 nitrogen and oxygen atoms in total. The Morgan fingerprint density at radius 3 is 2.94 bits per heavy atom. The van der Waals surface area contributed by atoms with Crippen LogP contribution >= 0.6 is 11.6 Å². The van der Waals surface area contributed by atoms with Gasteiger partial charge >= 0.3 is 0 Å². The van der Waals surface area contributed by atoms with E-state index in [1.54, 1.807) is 24.3 Å². The van der Waals surface area contributed by atoms with Crippen LogP contribution in [-0.4, -0.2) is 32.1 Å². The number of halogens is 1. The molecule has 1 amide bonds. The lowest BCUT2D eigenvalue weighted by Gasteiger charge is -2.07. The fraction of sp³-hybridized carbons (Fsp3) is 0.462. The van der Waals surface area contributed by atoms with Crippen molar-refractivity contribution in [3.05, 3.63) is 29.3 Å². The lowest BCUT2D eigenvalue weighted by atomic mass is 10.3. The molecule has 0 fully saturated rings. The van der Waals surface area contributed by atoms with Crippen LogP contribution in [0.3, 0.4) is 0 Å². The number of benzene rings is 1. The molecule has 1 aromatic rings. The average molecular weight is 271 g/mol. The Bertz CT molecular complexity index is 372. The van der Waals surface area contributed by atoms with Gasteiger partial charge in [0.25, 0.3) is 5.91 Å². The Morgan fingerprint density at radius 1 is 1.39 bits per heavy atom. The topological polar surface area (TPSA) is 50.4 Å². The molecule has 5 heteroatoms. The second-order valence-electron chi connectivity index (χ2n) is 3.80. The normalized spacial score (nSPS) is 10.1. The van der Waals surface area contributed by atoms with Gasteiger partial charge in [0, 0.05) is 11.6 Å². The third-order valence-corrected chi connectivity index (χ3v) is 2.50. The first-order valence-corrected chi connectivity index (χ1v) is 6.46. The number of ether oxygens (including phenoxy) is 1. The zero-order valence-electron chi connectivity index (χ0n) is 10.5. The summed E-state index contributed by atoms with van der Waals surface area (Å²) in [5.41, 5.74) is 0. The number of hydrogen-bond donors (Lipinski definition) is 2. The number of amides is 1. The van der Waals surface area contributed by atoms with Crippen LogP contribution in [-0.2, 0) is 4.79 Å². The summed E-state index contributed by atoms with van der Waals surface area (Å²) < 4.78 is 5.31. The van der Waals surface area contributed by atoms with Gasteiger partial charge in [0.15, 0.2) is 6.61 Å². The summed E-state index contributed by atoms with van der Waals surface area (Å²) in [6, 6.07) is 6.99. The maximum Gasteiger partial charge on any atom is 0.257 e. The van der Waals surface area contributed by atoms with E-state index in [0.29, 0.717) is 17.3 Å². The van der Waals surface area contributed by atoms with Crippen LogP contribution < -0.4 is 15.4 Å². The Hall–Kier alpha value is -1.26. The zero-order valence-corrected chi connectivity index (χ0v) is 11.3. The van der Waals surface area contributed by atoms with E-state index in [4.69, 9.17) is 16.3 Å². The first-order chi connectivity index (χ1) is 8.72. The van der Waals surface area contributed by atoms with E-state index in [0.717, 1.165) is 19.5 Å². The van der Waals surface area contributed by atoms with E-state index >= 15 is 0 Å². The van der Waals surface area contributed by atoms with E-state index < -0.39 is 0 Å². The predicted octanol–water partition coefficient (Wildman–Crippen LogP) is 1.83. The first kappa shape index (κ1) is 14.8. The Kier molecular flexibility index (Phi) is 7.22. The van der Waals surface area contributed by atoms with Gasteiger partial charge in [0.1, 0.15) is 5.75 Å². The van der Waals surface area contributed by atoms with Crippen LogP contribution in [0.15, 0.2) is 24.3 Å². The predicted molar refractivity (Wildman–Crippen MR) is 73.1 cm³/mol. The van der Waals surface area contributed by atoms with Gasteiger partial charge in [0.05, 0.1) is 0 Å². The highest BCUT2D eigenvalue weighted by molar-refractivity contribution is 6.30. The Labute approximate surface area is 113 Å². The van der Waals surface area contributed by atoms with Crippen LogP contribution in [0, 0.1) is 0 Å². The van der Waals surface area contributed by atoms with E-state index in [9.17, 15) is 4.79 Å². The van der Waals surface area contributed by atoms with Gasteiger partial charge in [0.2, 0.25) is 0 Å². The molecule has 0 unspecified atom stereocenters. The maximum atomic E-state index is 11.4. The van der Waals surface area contributed by atoms with Crippen molar-refractivity contribution in [3.8, 4) is 5.75 Å². The maximum absolute atomic E-state index is 11.4. The van der Waals surface area contributed by atoms with Gasteiger partial charge < -0.3 is 15.4 Å². The minimum Gasteiger partial charge on any atom is -0.484 e. The highest BCUT2D eigenvalue weighted by Crippen LogP contribution is 2.16. The highest BCUT2D eigenvalue weighted by atomic mass is 35.5. The lowest BCUT2D eigenvalue weighted by Crippen LogP contribution is -2.31. The molecule has 18 heavy (non-hydrogen) atoms. The molecule has 2 N–H and O–H groups in total. The Balaban J connectivity index is 2.13. The van der Waals surface area contributed by atoms with Crippen LogP contribution in [0.25, 0.3) is 0 Å². The van der Waals surface area contributed by atoms with Crippen LogP contribution in [0.1, 0.15) is 13.3 Å². The molecule has 0 bridgehead atoms. The quantitative estimate of drug-likeness (QED) is 0.709. The van der Waals surface area contributed by atoms with Gasteiger partial charge in [-0.3, -0.25) is 4.79 Å². The largest absolute Gasteiger partial charge is 0.484 e. The lowest BCUT2D eigenvalue weighted by molar-refractivity contribution is -0.123. The molecular formula is C13H19ClN2O2. The number of hydrogen-bond acceptors (Lipinski definition) is 3. The zero-order chi connectivity index (χ0) is 13.2. The first-order valence-electron chi connectivity index (χ1n) is 6.08. The van der Waals surface area contributed by atoms with Crippen molar-refractivity contribution in [3.63, 3.8) is 0 Å². The van der Waals surface area contributed by atoms with Crippen molar-refractivity contribution in [2.45, 2.75) is 13.3 Å².